The van der Waals surface area contributed by atoms with Gasteiger partial charge in [0.1, 0.15) is 0 Å². The second-order valence-corrected chi connectivity index (χ2v) is 9.42. The number of nitrogens with zero attached hydrogens (tertiary/aromatic N) is 3. The molecule has 0 saturated carbocycles. The number of nitrogens with one attached hydrogen (secondary N) is 1. The van der Waals surface area contributed by atoms with Crippen LogP contribution in [0.5, 0.6) is 0 Å². The maximum atomic E-state index is 12.7. The van der Waals surface area contributed by atoms with Crippen LogP contribution in [0.25, 0.3) is 10.7 Å². The van der Waals surface area contributed by atoms with Crippen molar-refractivity contribution in [2.24, 2.45) is 0 Å². The van der Waals surface area contributed by atoms with E-state index in [1.54, 1.807) is 11.3 Å². The van der Waals surface area contributed by atoms with Crippen LogP contribution in [-0.4, -0.2) is 26.0 Å². The summed E-state index contributed by atoms with van der Waals surface area (Å²) in [5, 5.41) is 3.12. The number of hydrogen-bond acceptors (Lipinski definition) is 4. The summed E-state index contributed by atoms with van der Waals surface area (Å²) in [5.41, 5.74) is 3.93. The zero-order chi connectivity index (χ0) is 21.4. The summed E-state index contributed by atoms with van der Waals surface area (Å²) in [6, 6.07) is 13.8. The van der Waals surface area contributed by atoms with Crippen LogP contribution in [0.3, 0.4) is 0 Å². The van der Waals surface area contributed by atoms with E-state index in [1.165, 1.54) is 5.69 Å². The molecule has 1 N–H and O–H groups in total. The molecule has 3 aromatic heterocycles. The molecule has 0 spiro atoms. The number of benzene rings is 1. The number of fused-ring (bicyclic) bond motifs is 1. The Labute approximate surface area is 193 Å². The topological polar surface area (TPSA) is 53.9 Å². The van der Waals surface area contributed by atoms with Crippen LogP contribution in [0.2, 0.25) is 10.0 Å². The summed E-state index contributed by atoms with van der Waals surface area (Å²) in [6.45, 7) is 2.95. The van der Waals surface area contributed by atoms with Crippen molar-refractivity contribution in [3.63, 3.8) is 0 Å². The molecule has 5 nitrogen and oxygen atoms in total. The van der Waals surface area contributed by atoms with Gasteiger partial charge in [0.25, 0.3) is 5.56 Å². The minimum atomic E-state index is -0.0377. The number of thiophene rings is 1. The largest absolute Gasteiger partial charge is 0.346 e. The Bertz CT molecular complexity index is 1280. The third-order valence-electron chi connectivity index (χ3n) is 5.55. The van der Waals surface area contributed by atoms with Crippen molar-refractivity contribution in [1.82, 2.24) is 19.4 Å². The number of aromatic nitrogens is 3. The number of aromatic amines is 1. The SMILES string of the molecule is O=c1[nH]c(-c2cccs2)nc2c1CN(Cc1cccn1Cc1ccc(Cl)c(Cl)c1)CC2. The summed E-state index contributed by atoms with van der Waals surface area (Å²) < 4.78 is 2.21. The zero-order valence-corrected chi connectivity index (χ0v) is 19.0. The maximum Gasteiger partial charge on any atom is 0.255 e. The van der Waals surface area contributed by atoms with Crippen molar-refractivity contribution in [2.75, 3.05) is 6.54 Å². The average molecular weight is 471 g/mol. The lowest BCUT2D eigenvalue weighted by molar-refractivity contribution is 0.236. The van der Waals surface area contributed by atoms with Crippen molar-refractivity contribution < 1.29 is 0 Å². The van der Waals surface area contributed by atoms with Gasteiger partial charge >= 0.3 is 0 Å². The first-order valence-corrected chi connectivity index (χ1v) is 11.7. The van der Waals surface area contributed by atoms with Gasteiger partial charge in [-0.2, -0.15) is 0 Å². The average Bonchev–Trinajstić information content (AvgIpc) is 3.44. The molecule has 4 heterocycles. The van der Waals surface area contributed by atoms with Gasteiger partial charge < -0.3 is 9.55 Å². The summed E-state index contributed by atoms with van der Waals surface area (Å²) in [5.74, 6) is 0.669. The fourth-order valence-electron chi connectivity index (χ4n) is 3.96. The Balaban J connectivity index is 1.33. The molecule has 31 heavy (non-hydrogen) atoms. The van der Waals surface area contributed by atoms with Crippen LogP contribution in [0.4, 0.5) is 0 Å². The molecular weight excluding hydrogens is 451 g/mol. The minimum Gasteiger partial charge on any atom is -0.346 e. The van der Waals surface area contributed by atoms with Gasteiger partial charge in [-0.05, 0) is 41.3 Å². The van der Waals surface area contributed by atoms with Crippen LogP contribution in [0, 0.1) is 0 Å². The molecular formula is C23H20Cl2N4OS. The smallest absolute Gasteiger partial charge is 0.255 e. The lowest BCUT2D eigenvalue weighted by Crippen LogP contribution is -2.35. The van der Waals surface area contributed by atoms with Gasteiger partial charge in [-0.15, -0.1) is 11.3 Å². The molecule has 0 bridgehead atoms. The number of H-pyrrole nitrogens is 1. The van der Waals surface area contributed by atoms with Crippen LogP contribution in [-0.2, 0) is 26.1 Å². The highest BCUT2D eigenvalue weighted by atomic mass is 35.5. The Morgan fingerprint density at radius 2 is 2.00 bits per heavy atom. The summed E-state index contributed by atoms with van der Waals surface area (Å²) in [4.78, 5) is 23.7. The first-order valence-electron chi connectivity index (χ1n) is 10.0. The highest BCUT2D eigenvalue weighted by molar-refractivity contribution is 7.13. The van der Waals surface area contributed by atoms with E-state index in [0.29, 0.717) is 22.4 Å². The van der Waals surface area contributed by atoms with Gasteiger partial charge in [0, 0.05) is 44.5 Å². The molecule has 0 amide bonds. The molecule has 5 rings (SSSR count). The van der Waals surface area contributed by atoms with Crippen LogP contribution < -0.4 is 5.56 Å². The molecule has 1 aromatic carbocycles. The first kappa shape index (κ1) is 20.5. The van der Waals surface area contributed by atoms with Crippen molar-refractivity contribution in [1.29, 1.82) is 0 Å². The fraction of sp³-hybridized carbons (Fsp3) is 0.217. The number of hydrogen-bond donors (Lipinski definition) is 1. The monoisotopic (exact) mass is 470 g/mol. The molecule has 0 unspecified atom stereocenters. The van der Waals surface area contributed by atoms with Gasteiger partial charge in [0.15, 0.2) is 5.82 Å². The van der Waals surface area contributed by atoms with Crippen molar-refractivity contribution in [3.8, 4) is 10.7 Å². The number of halogens is 2. The summed E-state index contributed by atoms with van der Waals surface area (Å²) >= 11 is 13.8. The van der Waals surface area contributed by atoms with E-state index >= 15 is 0 Å². The predicted octanol–water partition coefficient (Wildman–Crippen LogP) is 5.21. The van der Waals surface area contributed by atoms with E-state index in [0.717, 1.165) is 47.8 Å². The van der Waals surface area contributed by atoms with E-state index in [4.69, 9.17) is 28.2 Å². The Morgan fingerprint density at radius 3 is 2.81 bits per heavy atom. The molecule has 0 fully saturated rings. The summed E-state index contributed by atoms with van der Waals surface area (Å²) in [7, 11) is 0. The second kappa shape index (κ2) is 8.63. The molecule has 158 valence electrons. The van der Waals surface area contributed by atoms with Crippen molar-refractivity contribution in [3.05, 3.63) is 97.0 Å². The van der Waals surface area contributed by atoms with E-state index in [1.807, 2.05) is 41.8 Å². The molecule has 0 radical (unpaired) electrons. The molecule has 0 atom stereocenters. The van der Waals surface area contributed by atoms with Crippen molar-refractivity contribution >= 4 is 34.5 Å². The summed E-state index contributed by atoms with van der Waals surface area (Å²) in [6.07, 6.45) is 2.84. The lowest BCUT2D eigenvalue weighted by atomic mass is 10.1. The lowest BCUT2D eigenvalue weighted by Gasteiger charge is -2.28. The Hall–Kier alpha value is -2.38. The number of rotatable bonds is 5. The fourth-order valence-corrected chi connectivity index (χ4v) is 4.95. The molecule has 1 aliphatic rings. The Morgan fingerprint density at radius 1 is 1.10 bits per heavy atom. The van der Waals surface area contributed by atoms with Crippen LogP contribution >= 0.6 is 34.5 Å². The third kappa shape index (κ3) is 4.34. The standard InChI is InChI=1S/C23H20Cl2N4OS/c24-18-6-5-15(11-19(18)25)12-29-8-1-3-16(29)13-28-9-7-20-17(14-28)23(30)27-22(26-20)21-4-2-10-31-21/h1-6,8,10-11H,7,9,12-14H2,(H,26,27,30). The van der Waals surface area contributed by atoms with Gasteiger partial charge in [-0.3, -0.25) is 9.69 Å². The highest BCUT2D eigenvalue weighted by Gasteiger charge is 2.22. The normalized spacial score (nSPS) is 14.0. The quantitative estimate of drug-likeness (QED) is 0.435. The van der Waals surface area contributed by atoms with Gasteiger partial charge in [-0.25, -0.2) is 4.98 Å². The molecule has 8 heteroatoms. The second-order valence-electron chi connectivity index (χ2n) is 7.65. The molecule has 4 aromatic rings. The van der Waals surface area contributed by atoms with E-state index in [2.05, 4.69) is 26.7 Å². The van der Waals surface area contributed by atoms with Crippen LogP contribution in [0.1, 0.15) is 22.5 Å². The van der Waals surface area contributed by atoms with E-state index in [-0.39, 0.29) is 5.56 Å². The molecule has 0 aliphatic carbocycles. The van der Waals surface area contributed by atoms with Gasteiger partial charge in [-0.1, -0.05) is 35.3 Å². The molecule has 0 saturated heterocycles. The third-order valence-corrected chi connectivity index (χ3v) is 7.16. The predicted molar refractivity (Wildman–Crippen MR) is 126 cm³/mol. The first-order chi connectivity index (χ1) is 15.1. The van der Waals surface area contributed by atoms with E-state index < -0.39 is 0 Å². The Kier molecular flexibility index (Phi) is 5.71. The maximum absolute atomic E-state index is 12.7. The van der Waals surface area contributed by atoms with Crippen LogP contribution in [0.15, 0.2) is 58.8 Å². The van der Waals surface area contributed by atoms with Crippen molar-refractivity contribution in [2.45, 2.75) is 26.1 Å². The molecule has 1 aliphatic heterocycles. The highest BCUT2D eigenvalue weighted by Crippen LogP contribution is 2.25. The minimum absolute atomic E-state index is 0.0377. The van der Waals surface area contributed by atoms with Gasteiger partial charge in [0.05, 0.1) is 26.2 Å². The zero-order valence-electron chi connectivity index (χ0n) is 16.6. The van der Waals surface area contributed by atoms with E-state index in [9.17, 15) is 4.79 Å². The van der Waals surface area contributed by atoms with Gasteiger partial charge in [0.2, 0.25) is 0 Å².